The van der Waals surface area contributed by atoms with Crippen LogP contribution in [0.1, 0.15) is 69.5 Å². The second-order valence-electron chi connectivity index (χ2n) is 9.48. The smallest absolute Gasteiger partial charge is 0.217 e. The molecule has 4 nitrogen and oxygen atoms in total. The van der Waals surface area contributed by atoms with Gasteiger partial charge in [-0.15, -0.1) is 0 Å². The first-order chi connectivity index (χ1) is 15.5. The van der Waals surface area contributed by atoms with Gasteiger partial charge in [-0.3, -0.25) is 4.79 Å². The molecule has 0 aromatic heterocycles. The van der Waals surface area contributed by atoms with Gasteiger partial charge in [0.05, 0.1) is 18.8 Å². The van der Waals surface area contributed by atoms with Gasteiger partial charge in [0.25, 0.3) is 0 Å². The lowest BCUT2D eigenvalue weighted by atomic mass is 9.83. The minimum absolute atomic E-state index is 0.0268. The molecular weight excluding hydrogens is 405 g/mol. The summed E-state index contributed by atoms with van der Waals surface area (Å²) in [6, 6.07) is 13.2. The summed E-state index contributed by atoms with van der Waals surface area (Å²) in [6.07, 6.45) is 7.50. The van der Waals surface area contributed by atoms with Crippen molar-refractivity contribution in [1.29, 1.82) is 0 Å². The maximum Gasteiger partial charge on any atom is 0.217 e. The van der Waals surface area contributed by atoms with Crippen LogP contribution in [0, 0.1) is 17.7 Å². The van der Waals surface area contributed by atoms with Crippen LogP contribution in [0.3, 0.4) is 0 Å². The van der Waals surface area contributed by atoms with Gasteiger partial charge in [-0.25, -0.2) is 4.39 Å². The average molecular weight is 440 g/mol. The SMILES string of the molecule is CC(=O)NC(C)c1ccc(OC2CCCC(Cc3ccc(OCC4CC4)cc3F)C2)cc1. The molecule has 0 bridgehead atoms. The Balaban J connectivity index is 1.29. The van der Waals surface area contributed by atoms with E-state index in [9.17, 15) is 9.18 Å². The van der Waals surface area contributed by atoms with Crippen LogP contribution in [-0.4, -0.2) is 18.6 Å². The molecular formula is C27H34FNO3. The molecule has 3 unspecified atom stereocenters. The van der Waals surface area contributed by atoms with Crippen molar-refractivity contribution in [2.24, 2.45) is 11.8 Å². The summed E-state index contributed by atoms with van der Waals surface area (Å²) in [5.74, 6) is 2.36. The molecule has 4 rings (SSSR count). The van der Waals surface area contributed by atoms with Crippen LogP contribution >= 0.6 is 0 Å². The van der Waals surface area contributed by atoms with Crippen molar-refractivity contribution in [3.63, 3.8) is 0 Å². The van der Waals surface area contributed by atoms with Crippen molar-refractivity contribution in [1.82, 2.24) is 5.32 Å². The Morgan fingerprint density at radius 3 is 2.50 bits per heavy atom. The van der Waals surface area contributed by atoms with E-state index in [1.165, 1.54) is 25.8 Å². The number of carbonyl (C=O) groups excluding carboxylic acids is 1. The van der Waals surface area contributed by atoms with Crippen molar-refractivity contribution < 1.29 is 18.7 Å². The maximum absolute atomic E-state index is 14.6. The molecule has 2 saturated carbocycles. The summed E-state index contributed by atoms with van der Waals surface area (Å²) in [5.41, 5.74) is 1.82. The summed E-state index contributed by atoms with van der Waals surface area (Å²) in [6.45, 7) is 4.19. The van der Waals surface area contributed by atoms with Crippen LogP contribution < -0.4 is 14.8 Å². The van der Waals surface area contributed by atoms with Gasteiger partial charge < -0.3 is 14.8 Å². The molecule has 32 heavy (non-hydrogen) atoms. The Labute approximate surface area is 190 Å². The largest absolute Gasteiger partial charge is 0.493 e. The number of benzene rings is 2. The van der Waals surface area contributed by atoms with Crippen LogP contribution in [0.2, 0.25) is 0 Å². The standard InChI is InChI=1S/C27H34FNO3/c1-18(29-19(2)30)22-8-11-24(12-9-22)32-26-5-3-4-21(15-26)14-23-10-13-25(16-27(23)28)31-17-20-6-7-20/h8-13,16,18,20-21,26H,3-7,14-15,17H2,1-2H3,(H,29,30). The van der Waals surface area contributed by atoms with Crippen molar-refractivity contribution in [3.05, 3.63) is 59.4 Å². The summed E-state index contributed by atoms with van der Waals surface area (Å²) < 4.78 is 26.6. The van der Waals surface area contributed by atoms with E-state index >= 15 is 0 Å². The molecule has 2 aliphatic carbocycles. The van der Waals surface area contributed by atoms with Gasteiger partial charge in [0, 0.05) is 13.0 Å². The molecule has 1 N–H and O–H groups in total. The zero-order valence-corrected chi connectivity index (χ0v) is 19.1. The van der Waals surface area contributed by atoms with E-state index in [4.69, 9.17) is 9.47 Å². The monoisotopic (exact) mass is 439 g/mol. The number of amides is 1. The van der Waals surface area contributed by atoms with Crippen molar-refractivity contribution in [2.75, 3.05) is 6.61 Å². The first kappa shape index (κ1) is 22.6. The molecule has 0 heterocycles. The predicted molar refractivity (Wildman–Crippen MR) is 123 cm³/mol. The highest BCUT2D eigenvalue weighted by atomic mass is 19.1. The molecule has 2 aromatic rings. The Morgan fingerprint density at radius 1 is 1.06 bits per heavy atom. The molecule has 2 fully saturated rings. The Morgan fingerprint density at radius 2 is 1.81 bits per heavy atom. The highest BCUT2D eigenvalue weighted by Gasteiger charge is 2.25. The third-order valence-corrected chi connectivity index (χ3v) is 6.55. The fourth-order valence-corrected chi connectivity index (χ4v) is 4.54. The predicted octanol–water partition coefficient (Wildman–Crippen LogP) is 5.99. The van der Waals surface area contributed by atoms with Crippen molar-refractivity contribution in [2.45, 2.75) is 70.9 Å². The zero-order valence-electron chi connectivity index (χ0n) is 19.1. The lowest BCUT2D eigenvalue weighted by Gasteiger charge is -2.30. The van der Waals surface area contributed by atoms with E-state index in [0.717, 1.165) is 49.0 Å². The molecule has 0 saturated heterocycles. The minimum Gasteiger partial charge on any atom is -0.493 e. The normalized spacial score (nSPS) is 21.6. The summed E-state index contributed by atoms with van der Waals surface area (Å²) in [7, 11) is 0. The van der Waals surface area contributed by atoms with E-state index < -0.39 is 0 Å². The molecule has 2 aromatic carbocycles. The van der Waals surface area contributed by atoms with E-state index in [1.54, 1.807) is 0 Å². The Hall–Kier alpha value is -2.56. The minimum atomic E-state index is -0.162. The van der Waals surface area contributed by atoms with Crippen LogP contribution in [0.5, 0.6) is 11.5 Å². The van der Waals surface area contributed by atoms with Crippen LogP contribution in [0.15, 0.2) is 42.5 Å². The molecule has 0 aliphatic heterocycles. The number of halogens is 1. The third-order valence-electron chi connectivity index (χ3n) is 6.55. The molecule has 0 spiro atoms. The summed E-state index contributed by atoms with van der Waals surface area (Å²) >= 11 is 0. The Kier molecular flexibility index (Phi) is 7.33. The van der Waals surface area contributed by atoms with Gasteiger partial charge in [-0.1, -0.05) is 18.2 Å². The number of rotatable bonds is 9. The molecule has 2 aliphatic rings. The molecule has 172 valence electrons. The highest BCUT2D eigenvalue weighted by Crippen LogP contribution is 2.33. The number of ether oxygens (including phenoxy) is 2. The summed E-state index contributed by atoms with van der Waals surface area (Å²) in [4.78, 5) is 11.2. The molecule has 3 atom stereocenters. The number of hydrogen-bond acceptors (Lipinski definition) is 3. The number of hydrogen-bond donors (Lipinski definition) is 1. The lowest BCUT2D eigenvalue weighted by Crippen LogP contribution is -2.26. The topological polar surface area (TPSA) is 47.6 Å². The average Bonchev–Trinajstić information content (AvgIpc) is 3.59. The zero-order chi connectivity index (χ0) is 22.5. The van der Waals surface area contributed by atoms with E-state index in [1.807, 2.05) is 43.3 Å². The quantitative estimate of drug-likeness (QED) is 0.522. The van der Waals surface area contributed by atoms with Crippen LogP contribution in [-0.2, 0) is 11.2 Å². The van der Waals surface area contributed by atoms with Crippen molar-refractivity contribution in [3.8, 4) is 11.5 Å². The van der Waals surface area contributed by atoms with Gasteiger partial charge in [0.2, 0.25) is 5.91 Å². The van der Waals surface area contributed by atoms with Gasteiger partial charge in [0.1, 0.15) is 17.3 Å². The van der Waals surface area contributed by atoms with Gasteiger partial charge in [-0.2, -0.15) is 0 Å². The first-order valence-electron chi connectivity index (χ1n) is 11.9. The van der Waals surface area contributed by atoms with Crippen LogP contribution in [0.25, 0.3) is 0 Å². The van der Waals surface area contributed by atoms with E-state index in [-0.39, 0.29) is 23.9 Å². The fraction of sp³-hybridized carbons (Fsp3) is 0.519. The lowest BCUT2D eigenvalue weighted by molar-refractivity contribution is -0.119. The summed E-state index contributed by atoms with van der Waals surface area (Å²) in [5, 5.41) is 2.89. The van der Waals surface area contributed by atoms with E-state index in [0.29, 0.717) is 24.2 Å². The maximum atomic E-state index is 14.6. The number of carbonyl (C=O) groups is 1. The molecule has 1 amide bonds. The van der Waals surface area contributed by atoms with Gasteiger partial charge in [0.15, 0.2) is 0 Å². The number of nitrogens with one attached hydrogen (secondary N) is 1. The van der Waals surface area contributed by atoms with Crippen LogP contribution in [0.4, 0.5) is 4.39 Å². The third kappa shape index (κ3) is 6.47. The second kappa shape index (κ2) is 10.4. The highest BCUT2D eigenvalue weighted by molar-refractivity contribution is 5.73. The first-order valence-corrected chi connectivity index (χ1v) is 11.9. The molecule has 0 radical (unpaired) electrons. The fourth-order valence-electron chi connectivity index (χ4n) is 4.54. The van der Waals surface area contributed by atoms with E-state index in [2.05, 4.69) is 5.32 Å². The molecule has 5 heteroatoms. The second-order valence-corrected chi connectivity index (χ2v) is 9.48. The van der Waals surface area contributed by atoms with Gasteiger partial charge in [-0.05, 0) is 93.0 Å². The van der Waals surface area contributed by atoms with Gasteiger partial charge >= 0.3 is 0 Å². The van der Waals surface area contributed by atoms with Crippen molar-refractivity contribution >= 4 is 5.91 Å². The Bertz CT molecular complexity index is 910.